The van der Waals surface area contributed by atoms with Gasteiger partial charge in [0.15, 0.2) is 0 Å². The van der Waals surface area contributed by atoms with Crippen molar-refractivity contribution in [2.45, 2.75) is 33.4 Å². The van der Waals surface area contributed by atoms with E-state index in [0.29, 0.717) is 11.4 Å². The monoisotopic (exact) mass is 518 g/mol. The van der Waals surface area contributed by atoms with Crippen LogP contribution in [0.2, 0.25) is 0 Å². The number of nitrogens with zero attached hydrogens (tertiary/aromatic N) is 2. The fourth-order valence-electron chi connectivity index (χ4n) is 3.48. The van der Waals surface area contributed by atoms with Gasteiger partial charge in [0, 0.05) is 43.0 Å². The number of benzene rings is 2. The summed E-state index contributed by atoms with van der Waals surface area (Å²) in [5.74, 6) is -0.813. The zero-order valence-corrected chi connectivity index (χ0v) is 21.9. The molecule has 37 heavy (non-hydrogen) atoms. The summed E-state index contributed by atoms with van der Waals surface area (Å²) in [7, 11) is 4.34. The van der Waals surface area contributed by atoms with Crippen LogP contribution in [-0.4, -0.2) is 46.1 Å². The molecular formula is C27H33F3N4O3. The number of aliphatic imine (C=N–C) groups is 1. The first-order valence-electron chi connectivity index (χ1n) is 11.5. The number of anilines is 2. The Morgan fingerprint density at radius 3 is 2.27 bits per heavy atom. The third kappa shape index (κ3) is 7.77. The largest absolute Gasteiger partial charge is 0.496 e. The van der Waals surface area contributed by atoms with E-state index in [9.17, 15) is 18.0 Å². The SMILES string of the molecule is CC/C(C)=C\N(c1cc(OC)c(C(=O)NCC(F)(F)F)c(OC)c1)c1ccc(C(N)=CC=NC)cc1C. The molecule has 0 atom stereocenters. The lowest BCUT2D eigenvalue weighted by Crippen LogP contribution is -2.34. The number of carbonyl (C=O) groups is 1. The maximum Gasteiger partial charge on any atom is 0.405 e. The molecule has 200 valence electrons. The van der Waals surface area contributed by atoms with Crippen molar-refractivity contribution in [2.75, 3.05) is 32.7 Å². The smallest absolute Gasteiger partial charge is 0.405 e. The van der Waals surface area contributed by atoms with E-state index in [1.54, 1.807) is 31.5 Å². The molecule has 0 heterocycles. The number of amides is 1. The Hall–Kier alpha value is -3.95. The molecule has 3 N–H and O–H groups in total. The summed E-state index contributed by atoms with van der Waals surface area (Å²) >= 11 is 0. The Labute approximate surface area is 215 Å². The second kappa shape index (κ2) is 12.8. The third-order valence-corrected chi connectivity index (χ3v) is 5.55. The lowest BCUT2D eigenvalue weighted by Gasteiger charge is -2.26. The molecule has 0 bridgehead atoms. The van der Waals surface area contributed by atoms with E-state index >= 15 is 0 Å². The zero-order valence-electron chi connectivity index (χ0n) is 21.9. The second-order valence-corrected chi connectivity index (χ2v) is 8.25. The van der Waals surface area contributed by atoms with Gasteiger partial charge in [0.05, 0.1) is 19.9 Å². The van der Waals surface area contributed by atoms with Gasteiger partial charge in [-0.2, -0.15) is 13.2 Å². The highest BCUT2D eigenvalue weighted by Gasteiger charge is 2.30. The molecule has 2 aromatic carbocycles. The highest BCUT2D eigenvalue weighted by Crippen LogP contribution is 2.39. The Morgan fingerprint density at radius 2 is 1.78 bits per heavy atom. The van der Waals surface area contributed by atoms with Crippen molar-refractivity contribution < 1.29 is 27.4 Å². The number of methoxy groups -OCH3 is 2. The van der Waals surface area contributed by atoms with Gasteiger partial charge in [-0.25, -0.2) is 0 Å². The number of halogens is 3. The molecule has 7 nitrogen and oxygen atoms in total. The van der Waals surface area contributed by atoms with E-state index in [1.165, 1.54) is 14.2 Å². The highest BCUT2D eigenvalue weighted by atomic mass is 19.4. The van der Waals surface area contributed by atoms with Crippen LogP contribution in [0.1, 0.15) is 41.8 Å². The van der Waals surface area contributed by atoms with Crippen LogP contribution in [-0.2, 0) is 0 Å². The van der Waals surface area contributed by atoms with Gasteiger partial charge >= 0.3 is 6.18 Å². The highest BCUT2D eigenvalue weighted by molar-refractivity contribution is 6.00. The number of hydrogen-bond acceptors (Lipinski definition) is 6. The van der Waals surface area contributed by atoms with Gasteiger partial charge in [-0.15, -0.1) is 0 Å². The lowest BCUT2D eigenvalue weighted by atomic mass is 10.0. The van der Waals surface area contributed by atoms with E-state index in [4.69, 9.17) is 15.2 Å². The number of hydrogen-bond donors (Lipinski definition) is 2. The summed E-state index contributed by atoms with van der Waals surface area (Å²) in [5.41, 5.74) is 10.8. The average Bonchev–Trinajstić information content (AvgIpc) is 2.87. The van der Waals surface area contributed by atoms with Crippen LogP contribution in [0.15, 0.2) is 53.2 Å². The number of ether oxygens (including phenoxy) is 2. The second-order valence-electron chi connectivity index (χ2n) is 8.25. The van der Waals surface area contributed by atoms with Crippen molar-refractivity contribution in [3.05, 3.63) is 64.9 Å². The predicted octanol–water partition coefficient (Wildman–Crippen LogP) is 5.76. The zero-order chi connectivity index (χ0) is 27.8. The molecule has 0 aliphatic carbocycles. The number of alkyl halides is 3. The van der Waals surface area contributed by atoms with Crippen LogP contribution in [0.5, 0.6) is 11.5 Å². The molecule has 1 amide bonds. The first-order valence-corrected chi connectivity index (χ1v) is 11.5. The minimum Gasteiger partial charge on any atom is -0.496 e. The van der Waals surface area contributed by atoms with E-state index < -0.39 is 18.6 Å². The molecule has 0 radical (unpaired) electrons. The molecule has 0 aromatic heterocycles. The number of nitrogens with one attached hydrogen (secondary N) is 1. The van der Waals surface area contributed by atoms with E-state index in [1.807, 2.05) is 55.4 Å². The molecular weight excluding hydrogens is 485 g/mol. The van der Waals surface area contributed by atoms with Crippen molar-refractivity contribution >= 4 is 29.2 Å². The molecule has 2 aromatic rings. The van der Waals surface area contributed by atoms with Gasteiger partial charge < -0.3 is 25.4 Å². The maximum atomic E-state index is 12.7. The number of carbonyl (C=O) groups excluding carboxylic acids is 1. The van der Waals surface area contributed by atoms with Crippen LogP contribution in [0, 0.1) is 6.92 Å². The summed E-state index contributed by atoms with van der Waals surface area (Å²) in [6.45, 7) is 4.47. The summed E-state index contributed by atoms with van der Waals surface area (Å²) in [4.78, 5) is 18.5. The lowest BCUT2D eigenvalue weighted by molar-refractivity contribution is -0.123. The fourth-order valence-corrected chi connectivity index (χ4v) is 3.48. The van der Waals surface area contributed by atoms with E-state index in [0.717, 1.165) is 28.8 Å². The van der Waals surface area contributed by atoms with Gasteiger partial charge in [-0.05, 0) is 49.6 Å². The topological polar surface area (TPSA) is 89.2 Å². The molecule has 0 saturated heterocycles. The summed E-state index contributed by atoms with van der Waals surface area (Å²) < 4.78 is 48.9. The van der Waals surface area contributed by atoms with Crippen molar-refractivity contribution in [1.82, 2.24) is 5.32 Å². The Kier molecular flexibility index (Phi) is 10.2. The summed E-state index contributed by atoms with van der Waals surface area (Å²) in [6.07, 6.45) is 1.50. The van der Waals surface area contributed by atoms with E-state index in [-0.39, 0.29) is 17.1 Å². The van der Waals surface area contributed by atoms with Crippen LogP contribution in [0.25, 0.3) is 5.70 Å². The van der Waals surface area contributed by atoms with Crippen molar-refractivity contribution in [3.63, 3.8) is 0 Å². The Morgan fingerprint density at radius 1 is 1.16 bits per heavy atom. The Bertz CT molecular complexity index is 1180. The average molecular weight is 519 g/mol. The van der Waals surface area contributed by atoms with Crippen LogP contribution < -0.4 is 25.4 Å². The van der Waals surface area contributed by atoms with Gasteiger partial charge in [0.25, 0.3) is 5.91 Å². The molecule has 0 aliphatic heterocycles. The Balaban J connectivity index is 2.66. The minimum atomic E-state index is -4.55. The number of allylic oxidation sites excluding steroid dienone is 2. The molecule has 0 saturated carbocycles. The molecule has 2 rings (SSSR count). The van der Waals surface area contributed by atoms with Gasteiger partial charge in [-0.1, -0.05) is 18.6 Å². The number of nitrogens with two attached hydrogens (primary N) is 1. The molecule has 0 aliphatic rings. The fraction of sp³-hybridized carbons (Fsp3) is 0.333. The number of rotatable bonds is 10. The van der Waals surface area contributed by atoms with Gasteiger partial charge in [0.1, 0.15) is 23.6 Å². The van der Waals surface area contributed by atoms with Crippen molar-refractivity contribution in [2.24, 2.45) is 10.7 Å². The van der Waals surface area contributed by atoms with Gasteiger partial charge in [-0.3, -0.25) is 9.79 Å². The standard InChI is InChI=1S/C27H33F3N4O3/c1-7-17(2)15-34(22-9-8-19(12-18(22)3)21(31)10-11-32-4)20-13-23(36-5)25(24(14-20)37-6)26(35)33-16-27(28,29)30/h8-15H,7,16,31H2,1-6H3,(H,33,35)/b17-15-,21-10?,32-11?. The molecule has 0 unspecified atom stereocenters. The molecule has 10 heteroatoms. The first kappa shape index (κ1) is 29.3. The first-order chi connectivity index (χ1) is 17.4. The van der Waals surface area contributed by atoms with E-state index in [2.05, 4.69) is 4.99 Å². The van der Waals surface area contributed by atoms with Crippen molar-refractivity contribution in [1.29, 1.82) is 0 Å². The number of aryl methyl sites for hydroxylation is 1. The normalized spacial score (nSPS) is 12.6. The summed E-state index contributed by atoms with van der Waals surface area (Å²) in [5, 5.41) is 1.87. The quantitative estimate of drug-likeness (QED) is 0.391. The summed E-state index contributed by atoms with van der Waals surface area (Å²) in [6, 6.07) is 8.91. The molecule has 0 spiro atoms. The predicted molar refractivity (Wildman–Crippen MR) is 142 cm³/mol. The third-order valence-electron chi connectivity index (χ3n) is 5.55. The van der Waals surface area contributed by atoms with Crippen molar-refractivity contribution in [3.8, 4) is 11.5 Å². The van der Waals surface area contributed by atoms with Crippen LogP contribution >= 0.6 is 0 Å². The van der Waals surface area contributed by atoms with Gasteiger partial charge in [0.2, 0.25) is 0 Å². The minimum absolute atomic E-state index is 0.0712. The molecule has 0 fully saturated rings. The maximum absolute atomic E-state index is 12.7. The van der Waals surface area contributed by atoms with Crippen LogP contribution in [0.4, 0.5) is 24.5 Å². The van der Waals surface area contributed by atoms with Crippen LogP contribution in [0.3, 0.4) is 0 Å².